The van der Waals surface area contributed by atoms with Crippen LogP contribution < -0.4 is 10.6 Å². The van der Waals surface area contributed by atoms with Crippen molar-refractivity contribution in [2.24, 2.45) is 10.9 Å². The Morgan fingerprint density at radius 3 is 2.72 bits per heavy atom. The fourth-order valence-electron chi connectivity index (χ4n) is 4.65. The summed E-state index contributed by atoms with van der Waals surface area (Å²) < 4.78 is 5.97. The van der Waals surface area contributed by atoms with Crippen molar-refractivity contribution in [3.8, 4) is 0 Å². The molecule has 1 aromatic heterocycles. The van der Waals surface area contributed by atoms with Crippen LogP contribution in [-0.4, -0.2) is 60.3 Å². The lowest BCUT2D eigenvalue weighted by Gasteiger charge is -2.31. The monoisotopic (exact) mass is 533 g/mol. The summed E-state index contributed by atoms with van der Waals surface area (Å²) in [6, 6.07) is 0.435. The zero-order valence-corrected chi connectivity index (χ0v) is 20.9. The van der Waals surface area contributed by atoms with Crippen LogP contribution in [0.3, 0.4) is 0 Å². The molecule has 0 aromatic carbocycles. The van der Waals surface area contributed by atoms with E-state index in [9.17, 15) is 0 Å². The standard InChI is InChI=1S/C21H35N5OS.HI/c1-3-20-24-16(14-28-20)13-26-9-7-15(8-10-26)12-23-21(22-4-2)25-18-11-17-5-6-19(18)27-17;/h14-15,17-19H,3-13H2,1-2H3,(H2,22,23,25);1H. The molecular weight excluding hydrogens is 497 g/mol. The van der Waals surface area contributed by atoms with Gasteiger partial charge in [0.1, 0.15) is 0 Å². The molecule has 0 aliphatic carbocycles. The van der Waals surface area contributed by atoms with E-state index in [4.69, 9.17) is 14.7 Å². The van der Waals surface area contributed by atoms with Crippen molar-refractivity contribution in [1.29, 1.82) is 0 Å². The number of thiazole rings is 1. The Hall–Kier alpha value is -0.450. The maximum Gasteiger partial charge on any atom is 0.191 e. The molecule has 8 heteroatoms. The lowest BCUT2D eigenvalue weighted by atomic mass is 9.95. The molecule has 6 nitrogen and oxygen atoms in total. The smallest absolute Gasteiger partial charge is 0.191 e. The van der Waals surface area contributed by atoms with Crippen molar-refractivity contribution in [2.75, 3.05) is 26.2 Å². The van der Waals surface area contributed by atoms with Gasteiger partial charge >= 0.3 is 0 Å². The Balaban J connectivity index is 0.00000240. The van der Waals surface area contributed by atoms with E-state index in [0.29, 0.717) is 24.2 Å². The first-order valence-corrected chi connectivity index (χ1v) is 12.0. The minimum atomic E-state index is 0. The number of nitrogens with zero attached hydrogens (tertiary/aromatic N) is 3. The van der Waals surface area contributed by atoms with Crippen molar-refractivity contribution in [3.63, 3.8) is 0 Å². The maximum absolute atomic E-state index is 5.97. The van der Waals surface area contributed by atoms with Gasteiger partial charge in [0.25, 0.3) is 0 Å². The Bertz CT molecular complexity index is 661. The molecule has 4 heterocycles. The highest BCUT2D eigenvalue weighted by Crippen LogP contribution is 2.34. The highest BCUT2D eigenvalue weighted by atomic mass is 127. The second-order valence-corrected chi connectivity index (χ2v) is 9.33. The number of nitrogens with one attached hydrogen (secondary N) is 2. The van der Waals surface area contributed by atoms with Gasteiger partial charge in [-0.15, -0.1) is 35.3 Å². The van der Waals surface area contributed by atoms with Crippen LogP contribution in [0.2, 0.25) is 0 Å². The third kappa shape index (κ3) is 6.27. The summed E-state index contributed by atoms with van der Waals surface area (Å²) in [4.78, 5) is 12.2. The molecule has 4 rings (SSSR count). The van der Waals surface area contributed by atoms with Crippen LogP contribution in [-0.2, 0) is 17.7 Å². The first-order valence-electron chi connectivity index (χ1n) is 11.1. The van der Waals surface area contributed by atoms with Gasteiger partial charge in [0, 0.05) is 25.0 Å². The average molecular weight is 534 g/mol. The number of fused-ring (bicyclic) bond motifs is 2. The van der Waals surface area contributed by atoms with Gasteiger partial charge in [-0.05, 0) is 64.5 Å². The number of halogens is 1. The number of aromatic nitrogens is 1. The van der Waals surface area contributed by atoms with Crippen LogP contribution >= 0.6 is 35.3 Å². The number of guanidine groups is 1. The van der Waals surface area contributed by atoms with Crippen molar-refractivity contribution < 1.29 is 4.74 Å². The fourth-order valence-corrected chi connectivity index (χ4v) is 5.38. The van der Waals surface area contributed by atoms with Gasteiger partial charge in [-0.25, -0.2) is 4.98 Å². The molecule has 3 fully saturated rings. The van der Waals surface area contributed by atoms with E-state index in [1.165, 1.54) is 36.4 Å². The second-order valence-electron chi connectivity index (χ2n) is 8.39. The fraction of sp³-hybridized carbons (Fsp3) is 0.810. The summed E-state index contributed by atoms with van der Waals surface area (Å²) in [6.07, 6.45) is 7.91. The molecule has 3 saturated heterocycles. The minimum absolute atomic E-state index is 0. The molecule has 29 heavy (non-hydrogen) atoms. The van der Waals surface area contributed by atoms with E-state index in [2.05, 4.69) is 34.8 Å². The Kier molecular flexibility index (Phi) is 9.01. The van der Waals surface area contributed by atoms with E-state index in [1.807, 2.05) is 0 Å². The van der Waals surface area contributed by atoms with Gasteiger partial charge in [0.05, 0.1) is 29.0 Å². The highest BCUT2D eigenvalue weighted by Gasteiger charge is 2.41. The van der Waals surface area contributed by atoms with Gasteiger partial charge in [0.2, 0.25) is 0 Å². The zero-order valence-electron chi connectivity index (χ0n) is 17.7. The van der Waals surface area contributed by atoms with Gasteiger partial charge in [-0.1, -0.05) is 6.92 Å². The zero-order chi connectivity index (χ0) is 19.3. The summed E-state index contributed by atoms with van der Waals surface area (Å²) >= 11 is 1.79. The van der Waals surface area contributed by atoms with Crippen LogP contribution in [0, 0.1) is 5.92 Å². The number of piperidine rings is 1. The molecule has 0 spiro atoms. The van der Waals surface area contributed by atoms with E-state index >= 15 is 0 Å². The molecule has 3 aliphatic heterocycles. The summed E-state index contributed by atoms with van der Waals surface area (Å²) in [5.74, 6) is 1.66. The quantitative estimate of drug-likeness (QED) is 0.320. The van der Waals surface area contributed by atoms with Gasteiger partial charge in [-0.2, -0.15) is 0 Å². The van der Waals surface area contributed by atoms with Gasteiger partial charge in [-0.3, -0.25) is 9.89 Å². The molecule has 0 saturated carbocycles. The number of hydrogen-bond acceptors (Lipinski definition) is 5. The molecule has 3 aliphatic rings. The highest BCUT2D eigenvalue weighted by molar-refractivity contribution is 14.0. The van der Waals surface area contributed by atoms with E-state index in [-0.39, 0.29) is 24.0 Å². The summed E-state index contributed by atoms with van der Waals surface area (Å²) in [5.41, 5.74) is 1.24. The molecule has 2 N–H and O–H groups in total. The van der Waals surface area contributed by atoms with Crippen molar-refractivity contribution in [3.05, 3.63) is 16.1 Å². The van der Waals surface area contributed by atoms with Crippen molar-refractivity contribution in [2.45, 2.75) is 77.2 Å². The summed E-state index contributed by atoms with van der Waals surface area (Å²) in [7, 11) is 0. The number of hydrogen-bond donors (Lipinski definition) is 2. The molecule has 164 valence electrons. The minimum Gasteiger partial charge on any atom is -0.373 e. The van der Waals surface area contributed by atoms with E-state index in [0.717, 1.165) is 51.5 Å². The third-order valence-corrected chi connectivity index (χ3v) is 7.32. The molecule has 2 bridgehead atoms. The second kappa shape index (κ2) is 11.2. The number of likely N-dealkylation sites (tertiary alicyclic amines) is 1. The van der Waals surface area contributed by atoms with Crippen LogP contribution in [0.1, 0.15) is 56.7 Å². The van der Waals surface area contributed by atoms with Crippen LogP contribution in [0.15, 0.2) is 10.4 Å². The molecular formula is C21H36IN5OS. The first-order chi connectivity index (χ1) is 13.7. The lowest BCUT2D eigenvalue weighted by Crippen LogP contribution is -2.47. The maximum atomic E-state index is 5.97. The van der Waals surface area contributed by atoms with Crippen molar-refractivity contribution in [1.82, 2.24) is 20.5 Å². The van der Waals surface area contributed by atoms with Crippen molar-refractivity contribution >= 4 is 41.3 Å². The van der Waals surface area contributed by atoms with Gasteiger partial charge in [0.15, 0.2) is 5.96 Å². The third-order valence-electron chi connectivity index (χ3n) is 6.27. The number of aryl methyl sites for hydroxylation is 1. The van der Waals surface area contributed by atoms with Crippen LogP contribution in [0.5, 0.6) is 0 Å². The number of ether oxygens (including phenoxy) is 1. The average Bonchev–Trinajstić information content (AvgIpc) is 3.44. The Morgan fingerprint density at radius 2 is 2.10 bits per heavy atom. The largest absolute Gasteiger partial charge is 0.373 e. The van der Waals surface area contributed by atoms with E-state index < -0.39 is 0 Å². The van der Waals surface area contributed by atoms with Gasteiger partial charge < -0.3 is 15.4 Å². The number of rotatable bonds is 7. The molecule has 1 aromatic rings. The Morgan fingerprint density at radius 1 is 1.28 bits per heavy atom. The molecule has 3 atom stereocenters. The predicted octanol–water partition coefficient (Wildman–Crippen LogP) is 3.41. The normalized spacial score (nSPS) is 27.8. The molecule has 0 radical (unpaired) electrons. The summed E-state index contributed by atoms with van der Waals surface area (Å²) in [5, 5.41) is 10.5. The first kappa shape index (κ1) is 23.2. The molecule has 3 unspecified atom stereocenters. The lowest BCUT2D eigenvalue weighted by molar-refractivity contribution is 0.0992. The van der Waals surface area contributed by atoms with Crippen LogP contribution in [0.25, 0.3) is 0 Å². The molecule has 0 amide bonds. The SMILES string of the molecule is CCNC(=NCC1CCN(Cc2csc(CC)n2)CC1)NC1CC2CCC1O2.I. The topological polar surface area (TPSA) is 61.8 Å². The van der Waals surface area contributed by atoms with Crippen LogP contribution in [0.4, 0.5) is 0 Å². The van der Waals surface area contributed by atoms with E-state index in [1.54, 1.807) is 11.3 Å². The Labute approximate surface area is 196 Å². The summed E-state index contributed by atoms with van der Waals surface area (Å²) in [6.45, 7) is 9.44. The predicted molar refractivity (Wildman–Crippen MR) is 130 cm³/mol. The number of aliphatic imine (C=N–C) groups is 1.